The van der Waals surface area contributed by atoms with Crippen LogP contribution in [0.3, 0.4) is 0 Å². The van der Waals surface area contributed by atoms with E-state index in [1.807, 2.05) is 49.4 Å². The Kier molecular flexibility index (Phi) is 4.28. The van der Waals surface area contributed by atoms with E-state index in [1.165, 1.54) is 0 Å². The summed E-state index contributed by atoms with van der Waals surface area (Å²) in [5, 5.41) is 2.96. The van der Waals surface area contributed by atoms with Crippen molar-refractivity contribution in [2.24, 2.45) is 0 Å². The topological polar surface area (TPSA) is 48.5 Å². The molecular weight excluding hydrogens is 288 g/mol. The van der Waals surface area contributed by atoms with Crippen molar-refractivity contribution in [3.05, 3.63) is 60.8 Å². The van der Waals surface area contributed by atoms with Gasteiger partial charge in [-0.15, -0.1) is 6.58 Å². The van der Waals surface area contributed by atoms with Gasteiger partial charge in [-0.1, -0.05) is 18.2 Å². The Balaban J connectivity index is 1.84. The molecule has 0 aliphatic carbocycles. The largest absolute Gasteiger partial charge is 0.349 e. The van der Waals surface area contributed by atoms with Gasteiger partial charge in [0, 0.05) is 31.5 Å². The quantitative estimate of drug-likeness (QED) is 0.884. The van der Waals surface area contributed by atoms with Gasteiger partial charge >= 0.3 is 6.03 Å². The van der Waals surface area contributed by atoms with E-state index < -0.39 is 0 Å². The number of benzene rings is 1. The lowest BCUT2D eigenvalue weighted by Gasteiger charge is -2.36. The number of amides is 2. The average Bonchev–Trinajstić information content (AvgIpc) is 2.55. The number of pyridine rings is 1. The van der Waals surface area contributed by atoms with Crippen LogP contribution in [0.15, 0.2) is 55.3 Å². The van der Waals surface area contributed by atoms with E-state index in [0.29, 0.717) is 6.54 Å². The van der Waals surface area contributed by atoms with Crippen molar-refractivity contribution in [2.45, 2.75) is 6.92 Å². The number of aromatic nitrogens is 1. The molecule has 1 N–H and O–H groups in total. The lowest BCUT2D eigenvalue weighted by Crippen LogP contribution is -2.46. The number of nitrogens with one attached hydrogen (secondary N) is 1. The van der Waals surface area contributed by atoms with Crippen molar-refractivity contribution in [2.75, 3.05) is 34.8 Å². The summed E-state index contributed by atoms with van der Waals surface area (Å²) in [7, 11) is 0. The number of hydrogen-bond acceptors (Lipinski definition) is 3. The van der Waals surface area contributed by atoms with Gasteiger partial charge in [-0.05, 0) is 36.8 Å². The zero-order valence-corrected chi connectivity index (χ0v) is 13.2. The predicted molar refractivity (Wildman–Crippen MR) is 94.2 cm³/mol. The average molecular weight is 308 g/mol. The Morgan fingerprint density at radius 2 is 2.22 bits per heavy atom. The van der Waals surface area contributed by atoms with Crippen molar-refractivity contribution >= 4 is 23.2 Å². The van der Waals surface area contributed by atoms with E-state index in [4.69, 9.17) is 0 Å². The van der Waals surface area contributed by atoms with Crippen LogP contribution in [0, 0.1) is 6.92 Å². The summed E-state index contributed by atoms with van der Waals surface area (Å²) in [4.78, 5) is 20.9. The number of aryl methyl sites for hydroxylation is 1. The second-order valence-corrected chi connectivity index (χ2v) is 5.53. The molecule has 0 saturated carbocycles. The molecule has 5 heteroatoms. The van der Waals surface area contributed by atoms with E-state index >= 15 is 0 Å². The monoisotopic (exact) mass is 308 g/mol. The fourth-order valence-corrected chi connectivity index (χ4v) is 2.75. The number of rotatable bonds is 3. The number of carbonyl (C=O) groups excluding carboxylic acids is 1. The molecule has 2 heterocycles. The maximum absolute atomic E-state index is 12.7. The Hall–Kier alpha value is -2.82. The Labute approximate surface area is 136 Å². The van der Waals surface area contributed by atoms with Crippen LogP contribution in [0.5, 0.6) is 0 Å². The van der Waals surface area contributed by atoms with E-state index in [9.17, 15) is 4.79 Å². The molecule has 0 radical (unpaired) electrons. The van der Waals surface area contributed by atoms with E-state index in [-0.39, 0.29) is 6.03 Å². The highest BCUT2D eigenvalue weighted by Crippen LogP contribution is 2.30. The number of carbonyl (C=O) groups is 1. The highest BCUT2D eigenvalue weighted by atomic mass is 16.2. The standard InChI is InChI=1S/C18H20N4O/c1-3-10-21-11-12-22(16-8-5-9-19-17(16)21)18(23)20-15-7-4-6-14(2)13-15/h3-9,13H,1,10-12H2,2H3,(H,20,23). The molecule has 3 rings (SSSR count). The summed E-state index contributed by atoms with van der Waals surface area (Å²) >= 11 is 0. The second kappa shape index (κ2) is 6.52. The second-order valence-electron chi connectivity index (χ2n) is 5.53. The van der Waals surface area contributed by atoms with Gasteiger partial charge in [0.2, 0.25) is 0 Å². The molecule has 5 nitrogen and oxygen atoms in total. The maximum atomic E-state index is 12.7. The van der Waals surface area contributed by atoms with Crippen LogP contribution >= 0.6 is 0 Å². The zero-order valence-electron chi connectivity index (χ0n) is 13.2. The minimum absolute atomic E-state index is 0.136. The van der Waals surface area contributed by atoms with E-state index in [2.05, 4.69) is 21.8 Å². The first-order chi connectivity index (χ1) is 11.2. The fourth-order valence-electron chi connectivity index (χ4n) is 2.75. The van der Waals surface area contributed by atoms with E-state index in [0.717, 1.165) is 35.8 Å². The molecule has 1 aromatic carbocycles. The summed E-state index contributed by atoms with van der Waals surface area (Å²) in [6, 6.07) is 11.4. The Morgan fingerprint density at radius 3 is 3.00 bits per heavy atom. The van der Waals surface area contributed by atoms with Crippen LogP contribution in [0.1, 0.15) is 5.56 Å². The van der Waals surface area contributed by atoms with Crippen LogP contribution < -0.4 is 15.1 Å². The van der Waals surface area contributed by atoms with Crippen molar-refractivity contribution in [1.29, 1.82) is 0 Å². The normalized spacial score (nSPS) is 13.4. The molecule has 0 spiro atoms. The molecular formula is C18H20N4O. The van der Waals surface area contributed by atoms with E-state index in [1.54, 1.807) is 11.1 Å². The third kappa shape index (κ3) is 3.18. The van der Waals surface area contributed by atoms with Crippen molar-refractivity contribution in [3.63, 3.8) is 0 Å². The van der Waals surface area contributed by atoms with Crippen LogP contribution in [0.2, 0.25) is 0 Å². The van der Waals surface area contributed by atoms with Gasteiger partial charge in [0.25, 0.3) is 0 Å². The minimum atomic E-state index is -0.136. The van der Waals surface area contributed by atoms with Crippen LogP contribution in [-0.2, 0) is 0 Å². The summed E-state index contributed by atoms with van der Waals surface area (Å²) in [6.45, 7) is 7.85. The Morgan fingerprint density at radius 1 is 1.35 bits per heavy atom. The van der Waals surface area contributed by atoms with Gasteiger partial charge < -0.3 is 10.2 Å². The summed E-state index contributed by atoms with van der Waals surface area (Å²) in [5.74, 6) is 0.818. The number of hydrogen-bond donors (Lipinski definition) is 1. The van der Waals surface area contributed by atoms with Gasteiger partial charge in [-0.25, -0.2) is 9.78 Å². The van der Waals surface area contributed by atoms with Crippen molar-refractivity contribution < 1.29 is 4.79 Å². The highest BCUT2D eigenvalue weighted by molar-refractivity contribution is 6.04. The minimum Gasteiger partial charge on any atom is -0.349 e. The summed E-state index contributed by atoms with van der Waals surface area (Å²) in [5.41, 5.74) is 2.74. The van der Waals surface area contributed by atoms with Gasteiger partial charge in [-0.3, -0.25) is 4.90 Å². The number of fused-ring (bicyclic) bond motifs is 1. The molecule has 0 atom stereocenters. The van der Waals surface area contributed by atoms with Crippen LogP contribution in [-0.4, -0.2) is 30.6 Å². The lowest BCUT2D eigenvalue weighted by atomic mass is 10.2. The third-order valence-corrected chi connectivity index (χ3v) is 3.81. The molecule has 0 unspecified atom stereocenters. The molecule has 0 fully saturated rings. The first kappa shape index (κ1) is 15.1. The molecule has 2 amide bonds. The van der Waals surface area contributed by atoms with Gasteiger partial charge in [0.05, 0.1) is 5.69 Å². The molecule has 23 heavy (non-hydrogen) atoms. The van der Waals surface area contributed by atoms with Gasteiger partial charge in [-0.2, -0.15) is 0 Å². The molecule has 118 valence electrons. The lowest BCUT2D eigenvalue weighted by molar-refractivity contribution is 0.256. The molecule has 0 bridgehead atoms. The first-order valence-corrected chi connectivity index (χ1v) is 7.65. The van der Waals surface area contributed by atoms with Crippen LogP contribution in [0.25, 0.3) is 0 Å². The smallest absolute Gasteiger partial charge is 0.326 e. The predicted octanol–water partition coefficient (Wildman–Crippen LogP) is 3.43. The zero-order chi connectivity index (χ0) is 16.2. The fraction of sp³-hybridized carbons (Fsp3) is 0.222. The van der Waals surface area contributed by atoms with Gasteiger partial charge in [0.1, 0.15) is 0 Å². The highest BCUT2D eigenvalue weighted by Gasteiger charge is 2.27. The molecule has 2 aromatic rings. The first-order valence-electron chi connectivity index (χ1n) is 7.65. The van der Waals surface area contributed by atoms with Gasteiger partial charge in [0.15, 0.2) is 5.82 Å². The molecule has 1 aromatic heterocycles. The van der Waals surface area contributed by atoms with Crippen molar-refractivity contribution in [1.82, 2.24) is 4.98 Å². The molecule has 0 saturated heterocycles. The molecule has 1 aliphatic rings. The third-order valence-electron chi connectivity index (χ3n) is 3.81. The Bertz CT molecular complexity index is 728. The number of anilines is 3. The number of urea groups is 1. The SMILES string of the molecule is C=CCN1CCN(C(=O)Nc2cccc(C)c2)c2cccnc21. The maximum Gasteiger partial charge on any atom is 0.326 e. The molecule has 1 aliphatic heterocycles. The van der Waals surface area contributed by atoms with Crippen molar-refractivity contribution in [3.8, 4) is 0 Å². The summed E-state index contributed by atoms with van der Waals surface area (Å²) in [6.07, 6.45) is 3.60. The number of nitrogens with zero attached hydrogens (tertiary/aromatic N) is 3. The summed E-state index contributed by atoms with van der Waals surface area (Å²) < 4.78 is 0. The van der Waals surface area contributed by atoms with Crippen LogP contribution in [0.4, 0.5) is 22.0 Å².